The fourth-order valence-corrected chi connectivity index (χ4v) is 6.13. The molecule has 1 saturated carbocycles. The molecule has 3 aromatic rings. The number of benzene rings is 2. The summed E-state index contributed by atoms with van der Waals surface area (Å²) in [5, 5.41) is 10.2. The minimum Gasteiger partial charge on any atom is -0.481 e. The molecule has 1 amide bonds. The number of amides is 1. The van der Waals surface area contributed by atoms with Crippen molar-refractivity contribution in [3.05, 3.63) is 63.9 Å². The lowest BCUT2D eigenvalue weighted by Crippen LogP contribution is -2.35. The Labute approximate surface area is 216 Å². The molecule has 1 atom stereocenters. The average molecular weight is 510 g/mol. The quantitative estimate of drug-likeness (QED) is 0.457. The second-order valence-corrected chi connectivity index (χ2v) is 10.5. The number of ether oxygens (including phenoxy) is 1. The summed E-state index contributed by atoms with van der Waals surface area (Å²) >= 11 is 6.51. The van der Waals surface area contributed by atoms with Gasteiger partial charge in [0.15, 0.2) is 0 Å². The number of hydrogen-bond donors (Lipinski definition) is 1. The molecule has 0 saturated heterocycles. The monoisotopic (exact) mass is 509 g/mol. The minimum absolute atomic E-state index is 0.0976. The van der Waals surface area contributed by atoms with Crippen LogP contribution >= 0.6 is 11.6 Å². The smallest absolute Gasteiger partial charge is 0.409 e. The molecule has 0 bridgehead atoms. The maximum atomic E-state index is 12.3. The molecule has 1 aliphatic carbocycles. The number of imidazole rings is 1. The molecule has 0 spiro atoms. The number of fused-ring (bicyclic) bond motifs is 3. The first-order chi connectivity index (χ1) is 17.4. The topological polar surface area (TPSA) is 84.7 Å². The van der Waals surface area contributed by atoms with Crippen molar-refractivity contribution in [3.8, 4) is 0 Å². The van der Waals surface area contributed by atoms with Gasteiger partial charge in [0.2, 0.25) is 0 Å². The van der Waals surface area contributed by atoms with Gasteiger partial charge in [0.1, 0.15) is 5.82 Å². The Bertz CT molecular complexity index is 1300. The molecule has 0 unspecified atom stereocenters. The number of halogens is 1. The normalized spacial score (nSPS) is 20.7. The zero-order valence-electron chi connectivity index (χ0n) is 20.7. The van der Waals surface area contributed by atoms with Crippen LogP contribution in [0, 0.1) is 5.92 Å². The number of methoxy groups -OCH3 is 1. The Morgan fingerprint density at radius 1 is 1.17 bits per heavy atom. The Morgan fingerprint density at radius 2 is 1.92 bits per heavy atom. The Balaban J connectivity index is 1.57. The van der Waals surface area contributed by atoms with E-state index < -0.39 is 5.97 Å². The third-order valence-corrected chi connectivity index (χ3v) is 8.25. The van der Waals surface area contributed by atoms with E-state index >= 15 is 0 Å². The molecule has 1 fully saturated rings. The molecule has 1 N–H and O–H groups in total. The van der Waals surface area contributed by atoms with Crippen molar-refractivity contribution < 1.29 is 19.4 Å². The number of carboxylic acids is 1. The van der Waals surface area contributed by atoms with E-state index in [1.165, 1.54) is 12.7 Å². The van der Waals surface area contributed by atoms with Gasteiger partial charge in [-0.25, -0.2) is 9.78 Å². The molecular weight excluding hydrogens is 478 g/mol. The van der Waals surface area contributed by atoms with Crippen LogP contribution in [0.5, 0.6) is 0 Å². The summed E-state index contributed by atoms with van der Waals surface area (Å²) in [5.74, 6) is 0.224. The maximum Gasteiger partial charge on any atom is 0.409 e. The molecule has 5 rings (SSSR count). The van der Waals surface area contributed by atoms with E-state index in [2.05, 4.69) is 29.7 Å². The van der Waals surface area contributed by atoms with Gasteiger partial charge in [-0.3, -0.25) is 4.79 Å². The highest BCUT2D eigenvalue weighted by Gasteiger charge is 2.32. The molecule has 8 heteroatoms. The molecule has 36 heavy (non-hydrogen) atoms. The van der Waals surface area contributed by atoms with E-state index in [4.69, 9.17) is 21.3 Å². The van der Waals surface area contributed by atoms with Crippen LogP contribution in [-0.2, 0) is 28.9 Å². The van der Waals surface area contributed by atoms with Crippen molar-refractivity contribution in [1.82, 2.24) is 14.5 Å². The number of carbonyl (C=O) groups is 2. The molecule has 2 aliphatic rings. The highest BCUT2D eigenvalue weighted by atomic mass is 35.5. The van der Waals surface area contributed by atoms with Crippen molar-refractivity contribution in [2.24, 2.45) is 5.92 Å². The first kappa shape index (κ1) is 24.6. The number of aromatic nitrogens is 2. The van der Waals surface area contributed by atoms with Gasteiger partial charge < -0.3 is 19.3 Å². The summed E-state index contributed by atoms with van der Waals surface area (Å²) < 4.78 is 7.32. The second-order valence-electron chi connectivity index (χ2n) is 10.1. The van der Waals surface area contributed by atoms with Crippen LogP contribution in [0.2, 0.25) is 5.02 Å². The third kappa shape index (κ3) is 4.57. The molecular formula is C28H32ClN3O4. The van der Waals surface area contributed by atoms with Crippen molar-refractivity contribution in [1.29, 1.82) is 0 Å². The Kier molecular flexibility index (Phi) is 6.93. The summed E-state index contributed by atoms with van der Waals surface area (Å²) in [6, 6.07) is 12.3. The van der Waals surface area contributed by atoms with Gasteiger partial charge in [0.25, 0.3) is 0 Å². The van der Waals surface area contributed by atoms with Gasteiger partial charge in [-0.1, -0.05) is 35.9 Å². The lowest BCUT2D eigenvalue weighted by atomic mass is 9.81. The van der Waals surface area contributed by atoms with Crippen LogP contribution in [-0.4, -0.2) is 45.3 Å². The fourth-order valence-electron chi connectivity index (χ4n) is 5.92. The van der Waals surface area contributed by atoms with Gasteiger partial charge in [0, 0.05) is 29.1 Å². The molecule has 1 aromatic heterocycles. The zero-order chi connectivity index (χ0) is 25.4. The fraction of sp³-hybridized carbons (Fsp3) is 0.464. The average Bonchev–Trinajstić information content (AvgIpc) is 3.29. The summed E-state index contributed by atoms with van der Waals surface area (Å²) in [7, 11) is 1.41. The summed E-state index contributed by atoms with van der Waals surface area (Å²) in [6.45, 7) is 3.29. The molecule has 190 valence electrons. The maximum absolute atomic E-state index is 12.3. The number of rotatable bonds is 5. The van der Waals surface area contributed by atoms with Gasteiger partial charge >= 0.3 is 12.1 Å². The lowest BCUT2D eigenvalue weighted by molar-refractivity contribution is -0.142. The van der Waals surface area contributed by atoms with E-state index in [0.717, 1.165) is 58.7 Å². The number of carboxylic acid groups (broad SMARTS) is 1. The van der Waals surface area contributed by atoms with Crippen LogP contribution in [0.4, 0.5) is 4.79 Å². The Morgan fingerprint density at radius 3 is 2.61 bits per heavy atom. The molecule has 0 radical (unpaired) electrons. The largest absolute Gasteiger partial charge is 0.481 e. The molecule has 2 aromatic carbocycles. The first-order valence-electron chi connectivity index (χ1n) is 12.7. The molecule has 7 nitrogen and oxygen atoms in total. The molecule has 1 aliphatic heterocycles. The minimum atomic E-state index is -0.703. The summed E-state index contributed by atoms with van der Waals surface area (Å²) in [5.41, 5.74) is 5.36. The van der Waals surface area contributed by atoms with Gasteiger partial charge in [-0.2, -0.15) is 0 Å². The van der Waals surface area contributed by atoms with Gasteiger partial charge in [0.05, 0.1) is 30.6 Å². The van der Waals surface area contributed by atoms with Crippen molar-refractivity contribution >= 4 is 34.7 Å². The second kappa shape index (κ2) is 10.1. The number of aliphatic carboxylic acids is 1. The van der Waals surface area contributed by atoms with Crippen LogP contribution in [0.25, 0.3) is 11.0 Å². The van der Waals surface area contributed by atoms with E-state index in [1.54, 1.807) is 4.90 Å². The standard InChI is InChI=1S/C28H32ClN3O4/c1-17(15-21-5-3-4-6-23(21)29)32-24-12-11-18-13-14-31(28(35)36-2)16-22(18)25(24)30-26(32)19-7-9-20(10-8-19)27(33)34/h3-6,11-12,17,19-20H,7-10,13-16H2,1-2H3,(H,33,34)/t17-,19?,20?/m0/s1. The molecule has 2 heterocycles. The van der Waals surface area contributed by atoms with E-state index in [0.29, 0.717) is 25.9 Å². The van der Waals surface area contributed by atoms with E-state index in [1.807, 2.05) is 18.2 Å². The highest BCUT2D eigenvalue weighted by Crippen LogP contribution is 2.40. The van der Waals surface area contributed by atoms with Crippen LogP contribution < -0.4 is 0 Å². The van der Waals surface area contributed by atoms with Crippen LogP contribution in [0.1, 0.15) is 67.1 Å². The first-order valence-corrected chi connectivity index (χ1v) is 13.1. The number of nitrogens with zero attached hydrogens (tertiary/aromatic N) is 3. The van der Waals surface area contributed by atoms with Crippen molar-refractivity contribution in [3.63, 3.8) is 0 Å². The van der Waals surface area contributed by atoms with Crippen LogP contribution in [0.3, 0.4) is 0 Å². The van der Waals surface area contributed by atoms with Gasteiger partial charge in [-0.05, 0) is 68.7 Å². The van der Waals surface area contributed by atoms with Crippen LogP contribution in [0.15, 0.2) is 36.4 Å². The summed E-state index contributed by atoms with van der Waals surface area (Å²) in [6.07, 6.45) is 4.13. The highest BCUT2D eigenvalue weighted by molar-refractivity contribution is 6.31. The van der Waals surface area contributed by atoms with E-state index in [-0.39, 0.29) is 24.0 Å². The van der Waals surface area contributed by atoms with E-state index in [9.17, 15) is 14.7 Å². The summed E-state index contributed by atoms with van der Waals surface area (Å²) in [4.78, 5) is 30.8. The predicted molar refractivity (Wildman–Crippen MR) is 138 cm³/mol. The zero-order valence-corrected chi connectivity index (χ0v) is 21.5. The predicted octanol–water partition coefficient (Wildman–Crippen LogP) is 5.98. The Hall–Kier alpha value is -3.06. The number of carbonyl (C=O) groups excluding carboxylic acids is 1. The van der Waals surface area contributed by atoms with Gasteiger partial charge in [-0.15, -0.1) is 0 Å². The third-order valence-electron chi connectivity index (χ3n) is 7.88. The SMILES string of the molecule is COC(=O)N1CCc2ccc3c(nc(C4CCC(C(=O)O)CC4)n3[C@@H](C)Cc3ccccc3Cl)c2C1. The van der Waals surface area contributed by atoms with Crippen molar-refractivity contribution in [2.45, 2.75) is 64.0 Å². The number of hydrogen-bond acceptors (Lipinski definition) is 4. The van der Waals surface area contributed by atoms with Crippen molar-refractivity contribution in [2.75, 3.05) is 13.7 Å². The lowest BCUT2D eigenvalue weighted by Gasteiger charge is -2.28.